The lowest BCUT2D eigenvalue weighted by molar-refractivity contribution is -0.139. The van der Waals surface area contributed by atoms with Crippen molar-refractivity contribution >= 4 is 12.1 Å². The standard InChI is InChI=1S/C19H16FNO4/c20-15-8-6-14(7-9-15)18(16-10-11-17(22)25-16)21-19(23)24-12-13-4-2-1-3-5-13/h1-11,16,18H,12H2,(H,21,23)/t16?,18-/m0/s1. The molecule has 0 spiro atoms. The Morgan fingerprint density at radius 1 is 1.16 bits per heavy atom. The Hall–Kier alpha value is -3.15. The van der Waals surface area contributed by atoms with E-state index in [9.17, 15) is 14.0 Å². The topological polar surface area (TPSA) is 64.6 Å². The Bertz CT molecular complexity index is 774. The van der Waals surface area contributed by atoms with Crippen molar-refractivity contribution < 1.29 is 23.5 Å². The lowest BCUT2D eigenvalue weighted by Gasteiger charge is -2.23. The van der Waals surface area contributed by atoms with Crippen molar-refractivity contribution in [2.24, 2.45) is 0 Å². The summed E-state index contributed by atoms with van der Waals surface area (Å²) in [5, 5.41) is 2.67. The third-order valence-electron chi connectivity index (χ3n) is 3.72. The van der Waals surface area contributed by atoms with E-state index in [0.29, 0.717) is 5.56 Å². The van der Waals surface area contributed by atoms with Crippen molar-refractivity contribution in [2.75, 3.05) is 0 Å². The first-order valence-electron chi connectivity index (χ1n) is 7.73. The number of alkyl carbamates (subject to hydrolysis) is 1. The van der Waals surface area contributed by atoms with Crippen LogP contribution in [-0.2, 0) is 20.9 Å². The predicted molar refractivity (Wildman–Crippen MR) is 87.9 cm³/mol. The average molecular weight is 341 g/mol. The van der Waals surface area contributed by atoms with Gasteiger partial charge < -0.3 is 14.8 Å². The molecule has 1 aliphatic rings. The molecule has 1 heterocycles. The minimum atomic E-state index is -0.678. The average Bonchev–Trinajstić information content (AvgIpc) is 3.06. The highest BCUT2D eigenvalue weighted by atomic mass is 19.1. The van der Waals surface area contributed by atoms with Gasteiger partial charge in [-0.25, -0.2) is 14.0 Å². The Kier molecular flexibility index (Phi) is 5.09. The van der Waals surface area contributed by atoms with Crippen LogP contribution in [0.1, 0.15) is 17.2 Å². The first kappa shape index (κ1) is 16.7. The monoisotopic (exact) mass is 341 g/mol. The fourth-order valence-corrected chi connectivity index (χ4v) is 2.48. The van der Waals surface area contributed by atoms with Gasteiger partial charge in [-0.1, -0.05) is 42.5 Å². The van der Waals surface area contributed by atoms with E-state index >= 15 is 0 Å². The maximum absolute atomic E-state index is 13.1. The van der Waals surface area contributed by atoms with Crippen LogP contribution in [-0.4, -0.2) is 18.2 Å². The van der Waals surface area contributed by atoms with E-state index in [1.807, 2.05) is 30.3 Å². The van der Waals surface area contributed by atoms with E-state index in [-0.39, 0.29) is 6.61 Å². The molecule has 0 radical (unpaired) electrons. The third-order valence-corrected chi connectivity index (χ3v) is 3.72. The zero-order valence-corrected chi connectivity index (χ0v) is 13.2. The molecule has 0 aliphatic carbocycles. The Morgan fingerprint density at radius 2 is 1.88 bits per heavy atom. The van der Waals surface area contributed by atoms with Crippen molar-refractivity contribution in [2.45, 2.75) is 18.8 Å². The molecule has 0 saturated carbocycles. The van der Waals surface area contributed by atoms with E-state index in [1.165, 1.54) is 30.3 Å². The van der Waals surface area contributed by atoms with E-state index in [2.05, 4.69) is 5.32 Å². The molecule has 5 nitrogen and oxygen atoms in total. The summed E-state index contributed by atoms with van der Waals surface area (Å²) in [5.41, 5.74) is 1.45. The van der Waals surface area contributed by atoms with Gasteiger partial charge in [0.15, 0.2) is 0 Å². The number of ether oxygens (including phenoxy) is 2. The molecule has 2 aromatic rings. The molecule has 3 rings (SSSR count). The van der Waals surface area contributed by atoms with Crippen molar-refractivity contribution in [3.8, 4) is 0 Å². The minimum Gasteiger partial charge on any atom is -0.452 e. The summed E-state index contributed by atoms with van der Waals surface area (Å²) in [6.07, 6.45) is 1.50. The summed E-state index contributed by atoms with van der Waals surface area (Å²) in [7, 11) is 0. The first-order chi connectivity index (χ1) is 12.1. The molecule has 2 aromatic carbocycles. The number of carbonyl (C=O) groups excluding carboxylic acids is 2. The van der Waals surface area contributed by atoms with E-state index in [1.54, 1.807) is 6.08 Å². The van der Waals surface area contributed by atoms with Gasteiger partial charge >= 0.3 is 12.1 Å². The number of carbonyl (C=O) groups is 2. The predicted octanol–water partition coefficient (Wildman–Crippen LogP) is 3.27. The molecule has 1 amide bonds. The summed E-state index contributed by atoms with van der Waals surface area (Å²) in [6, 6.07) is 14.2. The number of amides is 1. The van der Waals surface area contributed by atoms with Crippen LogP contribution in [0.3, 0.4) is 0 Å². The normalized spacial score (nSPS) is 17.0. The molecule has 1 unspecified atom stereocenters. The molecular weight excluding hydrogens is 325 g/mol. The molecular formula is C19H16FNO4. The van der Waals surface area contributed by atoms with Crippen molar-refractivity contribution in [1.82, 2.24) is 5.32 Å². The van der Waals surface area contributed by atoms with Crippen LogP contribution in [0.2, 0.25) is 0 Å². The van der Waals surface area contributed by atoms with Gasteiger partial charge in [0.25, 0.3) is 0 Å². The van der Waals surface area contributed by atoms with Gasteiger partial charge in [0.1, 0.15) is 18.5 Å². The maximum atomic E-state index is 13.1. The molecule has 0 bridgehead atoms. The summed E-state index contributed by atoms with van der Waals surface area (Å²) < 4.78 is 23.5. The molecule has 2 atom stereocenters. The Morgan fingerprint density at radius 3 is 2.52 bits per heavy atom. The zero-order chi connectivity index (χ0) is 17.6. The maximum Gasteiger partial charge on any atom is 0.408 e. The molecule has 0 aromatic heterocycles. The van der Waals surface area contributed by atoms with Crippen LogP contribution in [0.25, 0.3) is 0 Å². The van der Waals surface area contributed by atoms with Gasteiger partial charge in [0, 0.05) is 6.08 Å². The van der Waals surface area contributed by atoms with Gasteiger partial charge in [-0.3, -0.25) is 0 Å². The molecule has 128 valence electrons. The van der Waals surface area contributed by atoms with E-state index in [4.69, 9.17) is 9.47 Å². The van der Waals surface area contributed by atoms with Gasteiger partial charge in [0.2, 0.25) is 0 Å². The molecule has 6 heteroatoms. The number of rotatable bonds is 5. The van der Waals surface area contributed by atoms with Crippen LogP contribution < -0.4 is 5.32 Å². The van der Waals surface area contributed by atoms with Crippen molar-refractivity contribution in [3.63, 3.8) is 0 Å². The van der Waals surface area contributed by atoms with E-state index in [0.717, 1.165) is 5.56 Å². The molecule has 0 saturated heterocycles. The summed E-state index contributed by atoms with van der Waals surface area (Å²) in [5.74, 6) is -0.885. The van der Waals surface area contributed by atoms with Crippen LogP contribution >= 0.6 is 0 Å². The van der Waals surface area contributed by atoms with Crippen LogP contribution in [0.4, 0.5) is 9.18 Å². The highest BCUT2D eigenvalue weighted by Gasteiger charge is 2.29. The van der Waals surface area contributed by atoms with Gasteiger partial charge in [-0.05, 0) is 29.3 Å². The number of cyclic esters (lactones) is 1. The second-order valence-electron chi connectivity index (χ2n) is 5.50. The number of hydrogen-bond acceptors (Lipinski definition) is 4. The SMILES string of the molecule is O=C1C=CC([C@@H](NC(=O)OCc2ccccc2)c2ccc(F)cc2)O1. The Labute approximate surface area is 144 Å². The molecule has 1 N–H and O–H groups in total. The molecule has 25 heavy (non-hydrogen) atoms. The van der Waals surface area contributed by atoms with E-state index < -0.39 is 30.0 Å². The minimum absolute atomic E-state index is 0.114. The smallest absolute Gasteiger partial charge is 0.408 e. The van der Waals surface area contributed by atoms with Crippen LogP contribution in [0.15, 0.2) is 66.7 Å². The Balaban J connectivity index is 1.68. The summed E-state index contributed by atoms with van der Waals surface area (Å²) in [4.78, 5) is 23.5. The van der Waals surface area contributed by atoms with Gasteiger partial charge in [-0.2, -0.15) is 0 Å². The number of benzene rings is 2. The lowest BCUT2D eigenvalue weighted by Crippen LogP contribution is -2.36. The lowest BCUT2D eigenvalue weighted by atomic mass is 10.0. The third kappa shape index (κ3) is 4.44. The second kappa shape index (κ2) is 7.61. The van der Waals surface area contributed by atoms with Crippen molar-refractivity contribution in [3.05, 3.63) is 83.7 Å². The fraction of sp³-hybridized carbons (Fsp3) is 0.158. The second-order valence-corrected chi connectivity index (χ2v) is 5.50. The summed E-state index contributed by atoms with van der Waals surface area (Å²) >= 11 is 0. The van der Waals surface area contributed by atoms with Gasteiger partial charge in [-0.15, -0.1) is 0 Å². The highest BCUT2D eigenvalue weighted by Crippen LogP contribution is 2.24. The summed E-state index contributed by atoms with van der Waals surface area (Å²) in [6.45, 7) is 0.114. The molecule has 0 fully saturated rings. The number of esters is 1. The quantitative estimate of drug-likeness (QED) is 0.848. The van der Waals surface area contributed by atoms with Crippen molar-refractivity contribution in [1.29, 1.82) is 0 Å². The zero-order valence-electron chi connectivity index (χ0n) is 13.2. The number of hydrogen-bond donors (Lipinski definition) is 1. The fourth-order valence-electron chi connectivity index (χ4n) is 2.48. The van der Waals surface area contributed by atoms with Crippen LogP contribution in [0.5, 0.6) is 0 Å². The number of halogens is 1. The van der Waals surface area contributed by atoms with Gasteiger partial charge in [0.05, 0.1) is 6.04 Å². The largest absolute Gasteiger partial charge is 0.452 e. The number of nitrogens with one attached hydrogen (secondary N) is 1. The van der Waals surface area contributed by atoms with Crippen LogP contribution in [0, 0.1) is 5.82 Å². The highest BCUT2D eigenvalue weighted by molar-refractivity contribution is 5.84. The molecule has 1 aliphatic heterocycles. The first-order valence-corrected chi connectivity index (χ1v) is 7.73.